The number of furan rings is 1. The number of nitrogens with zero attached hydrogens (tertiary/aromatic N) is 2. The van der Waals surface area contributed by atoms with Crippen LogP contribution < -0.4 is 20.3 Å². The summed E-state index contributed by atoms with van der Waals surface area (Å²) in [5.41, 5.74) is 1.15. The number of nitrogens with one attached hydrogen (secondary N) is 2. The molecule has 3 rings (SSSR count). The molecule has 3 aromatic rings. The van der Waals surface area contributed by atoms with Crippen molar-refractivity contribution in [3.63, 3.8) is 0 Å². The van der Waals surface area contributed by atoms with E-state index in [-0.39, 0.29) is 5.56 Å². The van der Waals surface area contributed by atoms with Crippen LogP contribution in [0.4, 0.5) is 0 Å². The van der Waals surface area contributed by atoms with Crippen LogP contribution in [0.25, 0.3) is 10.9 Å². The molecule has 0 radical (unpaired) electrons. The van der Waals surface area contributed by atoms with E-state index >= 15 is 0 Å². The lowest BCUT2D eigenvalue weighted by Gasteiger charge is -2.26. The summed E-state index contributed by atoms with van der Waals surface area (Å²) in [5, 5.41) is 4.67. The van der Waals surface area contributed by atoms with Crippen molar-refractivity contribution < 1.29 is 13.9 Å². The van der Waals surface area contributed by atoms with Crippen molar-refractivity contribution in [3.05, 3.63) is 58.3 Å². The minimum atomic E-state index is -0.156. The lowest BCUT2D eigenvalue weighted by molar-refractivity contribution is 0.339. The second-order valence-corrected chi connectivity index (χ2v) is 8.12. The minimum Gasteiger partial charge on any atom is -0.493 e. The highest BCUT2D eigenvalue weighted by atomic mass is 32.1. The van der Waals surface area contributed by atoms with Gasteiger partial charge in [-0.1, -0.05) is 0 Å². The van der Waals surface area contributed by atoms with Crippen LogP contribution in [0.3, 0.4) is 0 Å². The van der Waals surface area contributed by atoms with E-state index in [1.807, 2.05) is 43.3 Å². The second-order valence-electron chi connectivity index (χ2n) is 7.73. The summed E-state index contributed by atoms with van der Waals surface area (Å²) in [6.07, 6.45) is 2.54. The minimum absolute atomic E-state index is 0.156. The fourth-order valence-corrected chi connectivity index (χ4v) is 3.65. The normalized spacial score (nSPS) is 11.0. The first-order valence-corrected chi connectivity index (χ1v) is 10.8. The van der Waals surface area contributed by atoms with E-state index < -0.39 is 0 Å². The first-order chi connectivity index (χ1) is 15.4. The number of ether oxygens (including phenoxy) is 2. The van der Waals surface area contributed by atoms with Crippen molar-refractivity contribution in [1.82, 2.24) is 20.1 Å². The molecule has 32 heavy (non-hydrogen) atoms. The Morgan fingerprint density at radius 3 is 2.56 bits per heavy atom. The topological polar surface area (TPSA) is 83.0 Å². The quantitative estimate of drug-likeness (QED) is 0.449. The van der Waals surface area contributed by atoms with Crippen LogP contribution in [-0.4, -0.2) is 61.3 Å². The molecule has 0 unspecified atom stereocenters. The SMILES string of the molecule is COc1cc2cc(CN(CCCN(C)C)C(=S)NCc3ccco3)c(=O)[nH]c2cc1OC. The zero-order chi connectivity index (χ0) is 23.1. The standard InChI is InChI=1S/C23H30N4O4S/c1-26(2)8-6-9-27(23(32)24-14-18-7-5-10-31-18)15-17-11-16-12-20(29-3)21(30-4)13-19(16)25-22(17)28/h5,7,10-13H,6,8-9,14-15H2,1-4H3,(H,24,32)(H,25,28). The first-order valence-electron chi connectivity index (χ1n) is 10.4. The van der Waals surface area contributed by atoms with Crippen molar-refractivity contribution in [2.24, 2.45) is 0 Å². The summed E-state index contributed by atoms with van der Waals surface area (Å²) in [6, 6.07) is 9.24. The fraction of sp³-hybridized carbons (Fsp3) is 0.391. The van der Waals surface area contributed by atoms with Crippen LogP contribution in [0, 0.1) is 0 Å². The van der Waals surface area contributed by atoms with Crippen molar-refractivity contribution >= 4 is 28.2 Å². The van der Waals surface area contributed by atoms with Gasteiger partial charge < -0.3 is 34.0 Å². The van der Waals surface area contributed by atoms with Crippen molar-refractivity contribution in [2.45, 2.75) is 19.5 Å². The van der Waals surface area contributed by atoms with Gasteiger partial charge in [0.2, 0.25) is 0 Å². The Kier molecular flexibility index (Phi) is 8.13. The largest absolute Gasteiger partial charge is 0.493 e. The third kappa shape index (κ3) is 6.02. The predicted molar refractivity (Wildman–Crippen MR) is 129 cm³/mol. The van der Waals surface area contributed by atoms with Gasteiger partial charge in [-0.25, -0.2) is 0 Å². The zero-order valence-corrected chi connectivity index (χ0v) is 19.8. The highest BCUT2D eigenvalue weighted by Gasteiger charge is 2.15. The highest BCUT2D eigenvalue weighted by molar-refractivity contribution is 7.80. The summed E-state index contributed by atoms with van der Waals surface area (Å²) in [6.45, 7) is 2.51. The van der Waals surface area contributed by atoms with E-state index in [0.29, 0.717) is 47.3 Å². The van der Waals surface area contributed by atoms with Gasteiger partial charge >= 0.3 is 0 Å². The van der Waals surface area contributed by atoms with Gasteiger partial charge in [-0.05, 0) is 63.5 Å². The number of pyridine rings is 1. The number of rotatable bonds is 10. The molecular formula is C23H30N4O4S. The maximum Gasteiger partial charge on any atom is 0.253 e. The molecule has 0 bridgehead atoms. The Bertz CT molecular complexity index is 1100. The lowest BCUT2D eigenvalue weighted by Crippen LogP contribution is -2.41. The molecule has 0 amide bonds. The van der Waals surface area contributed by atoms with Gasteiger partial charge in [0.25, 0.3) is 5.56 Å². The Morgan fingerprint density at radius 1 is 1.16 bits per heavy atom. The molecule has 0 fully saturated rings. The molecule has 0 aliphatic carbocycles. The number of aromatic nitrogens is 1. The van der Waals surface area contributed by atoms with Gasteiger partial charge in [0.1, 0.15) is 5.76 Å². The maximum atomic E-state index is 12.8. The van der Waals surface area contributed by atoms with Crippen LogP contribution in [0.1, 0.15) is 17.7 Å². The molecule has 2 N–H and O–H groups in total. The molecule has 1 aromatic carbocycles. The molecule has 0 saturated heterocycles. The van der Waals surface area contributed by atoms with E-state index in [1.54, 1.807) is 26.5 Å². The number of hydrogen-bond donors (Lipinski definition) is 2. The van der Waals surface area contributed by atoms with Gasteiger partial charge in [-0.2, -0.15) is 0 Å². The van der Waals surface area contributed by atoms with E-state index in [1.165, 1.54) is 0 Å². The number of fused-ring (bicyclic) bond motifs is 1. The van der Waals surface area contributed by atoms with Crippen molar-refractivity contribution in [1.29, 1.82) is 0 Å². The summed E-state index contributed by atoms with van der Waals surface area (Å²) >= 11 is 5.65. The maximum absolute atomic E-state index is 12.8. The van der Waals surface area contributed by atoms with Crippen molar-refractivity contribution in [3.8, 4) is 11.5 Å². The number of methoxy groups -OCH3 is 2. The van der Waals surface area contributed by atoms with Crippen LogP contribution in [0.15, 0.2) is 45.8 Å². The average Bonchev–Trinajstić information content (AvgIpc) is 3.29. The number of hydrogen-bond acceptors (Lipinski definition) is 6. The molecule has 9 heteroatoms. The molecular weight excluding hydrogens is 428 g/mol. The summed E-state index contributed by atoms with van der Waals surface area (Å²) in [4.78, 5) is 19.9. The molecule has 2 aromatic heterocycles. The van der Waals surface area contributed by atoms with Crippen LogP contribution in [0.5, 0.6) is 11.5 Å². The van der Waals surface area contributed by atoms with Gasteiger partial charge in [0, 0.05) is 23.6 Å². The molecule has 0 saturated carbocycles. The Balaban J connectivity index is 1.83. The Hall–Kier alpha value is -3.04. The number of thiocarbonyl (C=S) groups is 1. The second kappa shape index (κ2) is 11.0. The molecule has 2 heterocycles. The summed E-state index contributed by atoms with van der Waals surface area (Å²) in [7, 11) is 7.23. The predicted octanol–water partition coefficient (Wildman–Crippen LogP) is 2.97. The number of aromatic amines is 1. The van der Waals surface area contributed by atoms with Gasteiger partial charge in [-0.15, -0.1) is 0 Å². The van der Waals surface area contributed by atoms with Crippen LogP contribution in [0.2, 0.25) is 0 Å². The monoisotopic (exact) mass is 458 g/mol. The molecule has 0 aliphatic rings. The van der Waals surface area contributed by atoms with Gasteiger partial charge in [0.05, 0.1) is 39.1 Å². The van der Waals surface area contributed by atoms with Gasteiger partial charge in [-0.3, -0.25) is 4.79 Å². The fourth-order valence-electron chi connectivity index (χ4n) is 3.42. The molecule has 0 spiro atoms. The summed E-state index contributed by atoms with van der Waals surface area (Å²) < 4.78 is 16.1. The average molecular weight is 459 g/mol. The lowest BCUT2D eigenvalue weighted by atomic mass is 10.1. The number of H-pyrrole nitrogens is 1. The number of benzene rings is 1. The molecule has 0 atom stereocenters. The highest BCUT2D eigenvalue weighted by Crippen LogP contribution is 2.31. The third-order valence-corrected chi connectivity index (χ3v) is 5.50. The van der Waals surface area contributed by atoms with Crippen molar-refractivity contribution in [2.75, 3.05) is 41.4 Å². The van der Waals surface area contributed by atoms with Crippen LogP contribution in [-0.2, 0) is 13.1 Å². The Morgan fingerprint density at radius 2 is 1.91 bits per heavy atom. The Labute approximate surface area is 193 Å². The van der Waals surface area contributed by atoms with E-state index in [9.17, 15) is 4.79 Å². The molecule has 172 valence electrons. The third-order valence-electron chi connectivity index (χ3n) is 5.10. The smallest absolute Gasteiger partial charge is 0.253 e. The van der Waals surface area contributed by atoms with E-state index in [4.69, 9.17) is 26.1 Å². The van der Waals surface area contributed by atoms with E-state index in [2.05, 4.69) is 15.2 Å². The van der Waals surface area contributed by atoms with E-state index in [0.717, 1.165) is 24.1 Å². The molecule has 0 aliphatic heterocycles. The van der Waals surface area contributed by atoms with Crippen LogP contribution >= 0.6 is 12.2 Å². The van der Waals surface area contributed by atoms with Gasteiger partial charge in [0.15, 0.2) is 16.6 Å². The zero-order valence-electron chi connectivity index (χ0n) is 18.9. The first kappa shape index (κ1) is 23.6. The molecule has 8 nitrogen and oxygen atoms in total. The summed E-state index contributed by atoms with van der Waals surface area (Å²) in [5.74, 6) is 1.97.